The monoisotopic (exact) mass is 388 g/mol. The molecule has 142 valence electrons. The van der Waals surface area contributed by atoms with Crippen LogP contribution in [0, 0.1) is 35.5 Å². The van der Waals surface area contributed by atoms with Gasteiger partial charge in [0.1, 0.15) is 0 Å². The Hall–Kier alpha value is -0.660. The molecule has 4 heteroatoms. The Balaban J connectivity index is 2.04. The molecule has 0 spiro atoms. The van der Waals surface area contributed by atoms with Crippen molar-refractivity contribution in [3.8, 4) is 0 Å². The average molecular weight is 389 g/mol. The number of nitrogens with zero attached hydrogens (tertiary/aromatic N) is 2. The van der Waals surface area contributed by atoms with Gasteiger partial charge in [-0.3, -0.25) is 0 Å². The summed E-state index contributed by atoms with van der Waals surface area (Å²) in [4.78, 5) is 9.37. The third-order valence-corrected chi connectivity index (χ3v) is 7.99. The zero-order valence-corrected chi connectivity index (χ0v) is 18.3. The van der Waals surface area contributed by atoms with Gasteiger partial charge in [0.05, 0.1) is 21.4 Å². The zero-order chi connectivity index (χ0) is 19.1. The first-order valence-corrected chi connectivity index (χ1v) is 10.9. The Bertz CT molecular complexity index is 672. The molecule has 0 aliphatic heterocycles. The lowest BCUT2D eigenvalue weighted by atomic mass is 9.45. The summed E-state index contributed by atoms with van der Waals surface area (Å²) in [6.45, 7) is 13.7. The summed E-state index contributed by atoms with van der Waals surface area (Å²) in [5.74, 6) is 3.70. The van der Waals surface area contributed by atoms with Crippen molar-refractivity contribution < 1.29 is 0 Å². The molecule has 3 rings (SSSR count). The minimum Gasteiger partial charge on any atom is -0.226 e. The van der Waals surface area contributed by atoms with Crippen molar-refractivity contribution in [2.24, 2.45) is 45.5 Å². The molecular weight excluding hydrogens is 356 g/mol. The molecule has 3 aliphatic carbocycles. The van der Waals surface area contributed by atoms with E-state index in [2.05, 4.69) is 49.6 Å². The summed E-state index contributed by atoms with van der Waals surface area (Å²) in [6.07, 6.45) is 7.04. The Morgan fingerprint density at radius 3 is 2.62 bits per heavy atom. The van der Waals surface area contributed by atoms with Crippen LogP contribution in [0.4, 0.5) is 0 Å². The lowest BCUT2D eigenvalue weighted by Gasteiger charge is -2.61. The van der Waals surface area contributed by atoms with Crippen LogP contribution in [0.3, 0.4) is 0 Å². The number of hydrogen-bond donors (Lipinski definition) is 0. The normalized spacial score (nSPS) is 42.2. The van der Waals surface area contributed by atoms with E-state index in [9.17, 15) is 0 Å². The second-order valence-electron chi connectivity index (χ2n) is 9.74. The quantitative estimate of drug-likeness (QED) is 0.317. The van der Waals surface area contributed by atoms with Gasteiger partial charge in [-0.15, -0.1) is 0 Å². The average Bonchev–Trinajstić information content (AvgIpc) is 2.55. The molecule has 0 aromatic heterocycles. The molecule has 2 nitrogen and oxygen atoms in total. The molecule has 0 amide bonds. The zero-order valence-electron chi connectivity index (χ0n) is 16.6. The predicted octanol–water partition coefficient (Wildman–Crippen LogP) is 6.38. The minimum atomic E-state index is -0.160. The molecule has 0 bridgehead atoms. The highest BCUT2D eigenvalue weighted by atomic mass is 32.1. The summed E-state index contributed by atoms with van der Waals surface area (Å²) in [6, 6.07) is 0. The number of hydrogen-bond acceptors (Lipinski definition) is 4. The van der Waals surface area contributed by atoms with Crippen molar-refractivity contribution in [3.63, 3.8) is 0 Å². The maximum Gasteiger partial charge on any atom is 0.0775 e. The van der Waals surface area contributed by atoms with Crippen LogP contribution in [0.5, 0.6) is 0 Å². The fraction of sp³-hybridized carbons (Fsp3) is 0.818. The van der Waals surface area contributed by atoms with Crippen LogP contribution in [0.25, 0.3) is 0 Å². The van der Waals surface area contributed by atoms with Gasteiger partial charge in [0.15, 0.2) is 0 Å². The fourth-order valence-electron chi connectivity index (χ4n) is 6.75. The highest BCUT2D eigenvalue weighted by Gasteiger charge is 2.60. The molecule has 1 unspecified atom stereocenters. The van der Waals surface area contributed by atoms with Crippen molar-refractivity contribution in [3.05, 3.63) is 12.2 Å². The number of thiocarbonyl (C=S) groups is 2. The molecular formula is C22H32N2S2. The van der Waals surface area contributed by atoms with Crippen molar-refractivity contribution >= 4 is 34.8 Å². The Kier molecular flexibility index (Phi) is 5.71. The van der Waals surface area contributed by atoms with Crippen molar-refractivity contribution in [1.29, 1.82) is 0 Å². The summed E-state index contributed by atoms with van der Waals surface area (Å²) in [7, 11) is 0. The van der Waals surface area contributed by atoms with Gasteiger partial charge in [0.25, 0.3) is 0 Å². The summed E-state index contributed by atoms with van der Waals surface area (Å²) < 4.78 is 0. The summed E-state index contributed by atoms with van der Waals surface area (Å²) in [5, 5.41) is 5.41. The van der Waals surface area contributed by atoms with E-state index in [1.807, 2.05) is 0 Å². The van der Waals surface area contributed by atoms with Crippen LogP contribution < -0.4 is 0 Å². The fourth-order valence-corrected chi connectivity index (χ4v) is 7.17. The maximum absolute atomic E-state index is 5.12. The standard InChI is InChI=1S/C22H32N2S2/c1-14-8-9-22(24-13-26)16(3)6-7-18-15(2)10-17(19(14)20(18)22)11-21(4,5)23-12-25/h15-20H,1,6-11H2,2-5H3/t15-,16-,17-,18+,19-,20-,22?/m0/s1. The van der Waals surface area contributed by atoms with Crippen molar-refractivity contribution in [2.45, 2.75) is 77.3 Å². The van der Waals surface area contributed by atoms with E-state index in [1.54, 1.807) is 0 Å². The molecule has 0 N–H and O–H groups in total. The van der Waals surface area contributed by atoms with E-state index in [0.717, 1.165) is 25.2 Å². The van der Waals surface area contributed by atoms with Gasteiger partial charge >= 0.3 is 0 Å². The van der Waals surface area contributed by atoms with E-state index in [1.165, 1.54) is 24.8 Å². The second kappa shape index (κ2) is 7.40. The molecule has 0 saturated heterocycles. The number of allylic oxidation sites excluding steroid dienone is 1. The van der Waals surface area contributed by atoms with Crippen LogP contribution in [0.15, 0.2) is 22.1 Å². The second-order valence-corrected chi connectivity index (χ2v) is 10.1. The number of rotatable bonds is 4. The number of isothiocyanates is 2. The van der Waals surface area contributed by atoms with Crippen molar-refractivity contribution in [2.75, 3.05) is 0 Å². The molecule has 0 radical (unpaired) electrons. The first-order valence-electron chi connectivity index (χ1n) is 10.1. The largest absolute Gasteiger partial charge is 0.226 e. The minimum absolute atomic E-state index is 0.0268. The first kappa shape index (κ1) is 20.1. The maximum atomic E-state index is 5.12. The Labute approximate surface area is 169 Å². The molecule has 0 aromatic rings. The van der Waals surface area contributed by atoms with E-state index >= 15 is 0 Å². The van der Waals surface area contributed by atoms with Gasteiger partial charge in [-0.05, 0) is 112 Å². The molecule has 3 aliphatic rings. The smallest absolute Gasteiger partial charge is 0.0775 e. The third kappa shape index (κ3) is 3.31. The highest BCUT2D eigenvalue weighted by molar-refractivity contribution is 7.78. The van der Waals surface area contributed by atoms with Gasteiger partial charge < -0.3 is 0 Å². The van der Waals surface area contributed by atoms with Crippen LogP contribution in [0.1, 0.15) is 66.2 Å². The molecule has 0 heterocycles. The number of aliphatic imine (C=N–C) groups is 2. The summed E-state index contributed by atoms with van der Waals surface area (Å²) in [5.41, 5.74) is 1.25. The van der Waals surface area contributed by atoms with E-state index in [-0.39, 0.29) is 11.1 Å². The molecule has 3 fully saturated rings. The lowest BCUT2D eigenvalue weighted by Crippen LogP contribution is -2.60. The Morgan fingerprint density at radius 1 is 1.23 bits per heavy atom. The summed E-state index contributed by atoms with van der Waals surface area (Å²) >= 11 is 10.0. The van der Waals surface area contributed by atoms with Crippen LogP contribution in [-0.2, 0) is 0 Å². The van der Waals surface area contributed by atoms with Gasteiger partial charge in [-0.2, -0.15) is 0 Å². The van der Waals surface area contributed by atoms with Crippen LogP contribution in [0.2, 0.25) is 0 Å². The van der Waals surface area contributed by atoms with Gasteiger partial charge in [0, 0.05) is 0 Å². The molecule has 26 heavy (non-hydrogen) atoms. The first-order chi connectivity index (χ1) is 12.3. The molecule has 7 atom stereocenters. The predicted molar refractivity (Wildman–Crippen MR) is 116 cm³/mol. The Morgan fingerprint density at radius 2 is 1.96 bits per heavy atom. The van der Waals surface area contributed by atoms with Crippen molar-refractivity contribution in [1.82, 2.24) is 0 Å². The lowest BCUT2D eigenvalue weighted by molar-refractivity contribution is -0.0689. The van der Waals surface area contributed by atoms with Gasteiger partial charge in [0.2, 0.25) is 0 Å². The SMILES string of the molecule is C=C1CCC2(N=C=S)[C@H]3[C@H](CC[C@@H]2C)[C@@H](C)C[C@@H](CC(C)(C)N=C=S)[C@H]13. The third-order valence-electron chi connectivity index (χ3n) is 7.81. The van der Waals surface area contributed by atoms with Crippen LogP contribution in [-0.4, -0.2) is 21.4 Å². The van der Waals surface area contributed by atoms with Crippen LogP contribution >= 0.6 is 24.4 Å². The molecule has 3 saturated carbocycles. The highest BCUT2D eigenvalue weighted by Crippen LogP contribution is 2.62. The van der Waals surface area contributed by atoms with E-state index in [0.29, 0.717) is 29.6 Å². The van der Waals surface area contributed by atoms with E-state index < -0.39 is 0 Å². The van der Waals surface area contributed by atoms with Gasteiger partial charge in [-0.1, -0.05) is 26.0 Å². The molecule has 0 aromatic carbocycles. The van der Waals surface area contributed by atoms with Gasteiger partial charge in [-0.25, -0.2) is 9.98 Å². The topological polar surface area (TPSA) is 24.7 Å². The van der Waals surface area contributed by atoms with E-state index in [4.69, 9.17) is 29.4 Å².